The molecule has 144 valence electrons. The van der Waals surface area contributed by atoms with E-state index in [1.165, 1.54) is 12.1 Å². The molecule has 1 unspecified atom stereocenters. The first-order valence-corrected chi connectivity index (χ1v) is 8.52. The van der Waals surface area contributed by atoms with Gasteiger partial charge in [0.15, 0.2) is 0 Å². The third-order valence-electron chi connectivity index (χ3n) is 4.78. The van der Waals surface area contributed by atoms with Gasteiger partial charge in [0.05, 0.1) is 12.2 Å². The summed E-state index contributed by atoms with van der Waals surface area (Å²) in [5, 5.41) is 3.35. The van der Waals surface area contributed by atoms with Crippen molar-refractivity contribution >= 4 is 12.4 Å². The average Bonchev–Trinajstić information content (AvgIpc) is 2.58. The van der Waals surface area contributed by atoms with Crippen LogP contribution >= 0.6 is 12.4 Å². The maximum atomic E-state index is 13.0. The number of ether oxygens (including phenoxy) is 1. The fourth-order valence-electron chi connectivity index (χ4n) is 3.23. The van der Waals surface area contributed by atoms with Gasteiger partial charge in [-0.2, -0.15) is 13.2 Å². The van der Waals surface area contributed by atoms with Crippen molar-refractivity contribution in [2.24, 2.45) is 5.92 Å². The molecule has 1 aromatic carbocycles. The second-order valence-electron chi connectivity index (χ2n) is 6.48. The van der Waals surface area contributed by atoms with Gasteiger partial charge in [-0.1, -0.05) is 12.1 Å². The Labute approximate surface area is 154 Å². The summed E-state index contributed by atoms with van der Waals surface area (Å²) in [6, 6.07) is 5.60. The van der Waals surface area contributed by atoms with Gasteiger partial charge in [0.25, 0.3) is 0 Å². The van der Waals surface area contributed by atoms with E-state index >= 15 is 0 Å². The molecule has 0 aliphatic carbocycles. The van der Waals surface area contributed by atoms with Gasteiger partial charge in [-0.05, 0) is 56.5 Å². The lowest BCUT2D eigenvalue weighted by atomic mass is 9.95. The predicted octanol–water partition coefficient (Wildman–Crippen LogP) is 4.14. The number of alkyl halides is 3. The molecule has 1 saturated heterocycles. The van der Waals surface area contributed by atoms with Crippen molar-refractivity contribution in [3.05, 3.63) is 35.4 Å². The average molecular weight is 381 g/mol. The minimum absolute atomic E-state index is 0. The van der Waals surface area contributed by atoms with Gasteiger partial charge < -0.3 is 10.1 Å². The third-order valence-corrected chi connectivity index (χ3v) is 4.78. The molecular formula is C18H28ClF3N2O. The molecule has 0 aromatic heterocycles. The summed E-state index contributed by atoms with van der Waals surface area (Å²) in [6.07, 6.45) is -2.08. The maximum absolute atomic E-state index is 13.0. The Kier molecular flexibility index (Phi) is 9.21. The largest absolute Gasteiger partial charge is 0.416 e. The van der Waals surface area contributed by atoms with Crippen LogP contribution in [0.1, 0.15) is 36.9 Å². The van der Waals surface area contributed by atoms with Crippen LogP contribution in [0.3, 0.4) is 0 Å². The highest BCUT2D eigenvalue weighted by molar-refractivity contribution is 5.85. The molecule has 0 amide bonds. The van der Waals surface area contributed by atoms with E-state index in [1.807, 2.05) is 6.92 Å². The monoisotopic (exact) mass is 380 g/mol. The SMILES string of the molecule is COCCN(CC1CCNCC1)C(C)c1cccc(C(F)(F)F)c1.Cl. The van der Waals surface area contributed by atoms with Crippen molar-refractivity contribution in [1.82, 2.24) is 10.2 Å². The van der Waals surface area contributed by atoms with Gasteiger partial charge >= 0.3 is 6.18 Å². The summed E-state index contributed by atoms with van der Waals surface area (Å²) in [5.74, 6) is 0.580. The molecule has 0 radical (unpaired) electrons. The Bertz CT molecular complexity index is 507. The highest BCUT2D eigenvalue weighted by atomic mass is 35.5. The molecule has 7 heteroatoms. The number of piperidine rings is 1. The van der Waals surface area contributed by atoms with Gasteiger partial charge in [-0.3, -0.25) is 4.90 Å². The van der Waals surface area contributed by atoms with Crippen LogP contribution in [0.15, 0.2) is 24.3 Å². The normalized spacial score (nSPS) is 17.4. The highest BCUT2D eigenvalue weighted by Crippen LogP contribution is 2.32. The van der Waals surface area contributed by atoms with Crippen LogP contribution in [0.4, 0.5) is 13.2 Å². The lowest BCUT2D eigenvalue weighted by Crippen LogP contribution is -2.39. The second kappa shape index (κ2) is 10.4. The van der Waals surface area contributed by atoms with Crippen molar-refractivity contribution in [2.75, 3.05) is 39.9 Å². The lowest BCUT2D eigenvalue weighted by molar-refractivity contribution is -0.137. The minimum atomic E-state index is -4.30. The van der Waals surface area contributed by atoms with Gasteiger partial charge in [-0.15, -0.1) is 12.4 Å². The molecule has 2 rings (SSSR count). The summed E-state index contributed by atoms with van der Waals surface area (Å²) in [7, 11) is 1.65. The van der Waals surface area contributed by atoms with E-state index in [9.17, 15) is 13.2 Å². The summed E-state index contributed by atoms with van der Waals surface area (Å²) < 4.78 is 44.1. The second-order valence-corrected chi connectivity index (χ2v) is 6.48. The summed E-state index contributed by atoms with van der Waals surface area (Å²) in [6.45, 7) is 6.20. The molecule has 1 fully saturated rings. The standard InChI is InChI=1S/C18H27F3N2O.ClH/c1-14(16-4-3-5-17(12-16)18(19,20)21)23(10-11-24-2)13-15-6-8-22-9-7-15;/h3-5,12,14-15,22H,6-11,13H2,1-2H3;1H. The summed E-state index contributed by atoms with van der Waals surface area (Å²) in [5.41, 5.74) is 0.121. The quantitative estimate of drug-likeness (QED) is 0.769. The number of hydrogen-bond acceptors (Lipinski definition) is 3. The van der Waals surface area contributed by atoms with Gasteiger partial charge in [-0.25, -0.2) is 0 Å². The van der Waals surface area contributed by atoms with Gasteiger partial charge in [0.2, 0.25) is 0 Å². The zero-order valence-corrected chi connectivity index (χ0v) is 15.6. The molecule has 1 aromatic rings. The number of methoxy groups -OCH3 is 1. The molecule has 1 atom stereocenters. The van der Waals surface area contributed by atoms with E-state index in [4.69, 9.17) is 4.74 Å². The summed E-state index contributed by atoms with van der Waals surface area (Å²) in [4.78, 5) is 2.25. The van der Waals surface area contributed by atoms with Crippen LogP contribution in [0.2, 0.25) is 0 Å². The lowest BCUT2D eigenvalue weighted by Gasteiger charge is -2.34. The zero-order valence-electron chi connectivity index (χ0n) is 14.8. The Morgan fingerprint density at radius 1 is 1.28 bits per heavy atom. The van der Waals surface area contributed by atoms with E-state index in [2.05, 4.69) is 10.2 Å². The first-order valence-electron chi connectivity index (χ1n) is 8.52. The molecule has 1 N–H and O–H groups in total. The van der Waals surface area contributed by atoms with Crippen molar-refractivity contribution in [3.8, 4) is 0 Å². The molecule has 25 heavy (non-hydrogen) atoms. The number of nitrogens with zero attached hydrogens (tertiary/aromatic N) is 1. The number of benzene rings is 1. The molecule has 3 nitrogen and oxygen atoms in total. The van der Waals surface area contributed by atoms with E-state index in [1.54, 1.807) is 13.2 Å². The minimum Gasteiger partial charge on any atom is -0.383 e. The maximum Gasteiger partial charge on any atom is 0.416 e. The number of rotatable bonds is 7. The van der Waals surface area contributed by atoms with Crippen LogP contribution in [0.5, 0.6) is 0 Å². The zero-order chi connectivity index (χ0) is 17.6. The molecule has 0 bridgehead atoms. The van der Waals surface area contributed by atoms with Crippen LogP contribution in [-0.4, -0.2) is 44.8 Å². The van der Waals surface area contributed by atoms with Crippen LogP contribution in [0.25, 0.3) is 0 Å². The number of nitrogens with one attached hydrogen (secondary N) is 1. The first kappa shape index (κ1) is 22.2. The van der Waals surface area contributed by atoms with Crippen molar-refractivity contribution < 1.29 is 17.9 Å². The molecule has 0 spiro atoms. The van der Waals surface area contributed by atoms with Crippen molar-refractivity contribution in [1.29, 1.82) is 0 Å². The number of hydrogen-bond donors (Lipinski definition) is 1. The number of halogens is 4. The van der Waals surface area contributed by atoms with E-state index in [0.29, 0.717) is 18.1 Å². The Hall–Kier alpha value is -0.820. The molecule has 0 saturated carbocycles. The molecular weight excluding hydrogens is 353 g/mol. The Balaban J connectivity index is 0.00000312. The Morgan fingerprint density at radius 2 is 1.96 bits per heavy atom. The first-order chi connectivity index (χ1) is 11.4. The van der Waals surface area contributed by atoms with Crippen LogP contribution in [0, 0.1) is 5.92 Å². The smallest absolute Gasteiger partial charge is 0.383 e. The van der Waals surface area contributed by atoms with Crippen LogP contribution in [-0.2, 0) is 10.9 Å². The fraction of sp³-hybridized carbons (Fsp3) is 0.667. The van der Waals surface area contributed by atoms with E-state index < -0.39 is 11.7 Å². The molecule has 1 aliphatic heterocycles. The van der Waals surface area contributed by atoms with Gasteiger partial charge in [0, 0.05) is 26.2 Å². The predicted molar refractivity (Wildman–Crippen MR) is 96.1 cm³/mol. The topological polar surface area (TPSA) is 24.5 Å². The van der Waals surface area contributed by atoms with E-state index in [-0.39, 0.29) is 18.4 Å². The van der Waals surface area contributed by atoms with E-state index in [0.717, 1.165) is 45.1 Å². The molecule has 1 aliphatic rings. The van der Waals surface area contributed by atoms with Crippen molar-refractivity contribution in [3.63, 3.8) is 0 Å². The van der Waals surface area contributed by atoms with Gasteiger partial charge in [0.1, 0.15) is 0 Å². The fourth-order valence-corrected chi connectivity index (χ4v) is 3.23. The van der Waals surface area contributed by atoms with Crippen LogP contribution < -0.4 is 5.32 Å². The Morgan fingerprint density at radius 3 is 2.56 bits per heavy atom. The highest BCUT2D eigenvalue weighted by Gasteiger charge is 2.31. The third kappa shape index (κ3) is 6.77. The summed E-state index contributed by atoms with van der Waals surface area (Å²) >= 11 is 0. The van der Waals surface area contributed by atoms with Crippen molar-refractivity contribution in [2.45, 2.75) is 32.0 Å². The molecule has 1 heterocycles.